The topological polar surface area (TPSA) is 46.0 Å². The minimum Gasteiger partial charge on any atom is -0.366 e. The van der Waals surface area contributed by atoms with Crippen LogP contribution in [0.3, 0.4) is 0 Å². The summed E-state index contributed by atoms with van der Waals surface area (Å²) in [6.45, 7) is 5.71. The molecule has 0 aliphatic carbocycles. The summed E-state index contributed by atoms with van der Waals surface area (Å²) in [7, 11) is 0. The molecular formula is C16H21N5. The van der Waals surface area contributed by atoms with Crippen LogP contribution in [0.2, 0.25) is 0 Å². The minimum absolute atomic E-state index is 0.533. The highest BCUT2D eigenvalue weighted by atomic mass is 15.4. The zero-order valence-corrected chi connectivity index (χ0v) is 12.4. The number of pyridine rings is 1. The molecule has 0 saturated carbocycles. The number of aryl methyl sites for hydroxylation is 1. The fraction of sp³-hybridized carbons (Fsp3) is 0.500. The van der Waals surface area contributed by atoms with E-state index in [9.17, 15) is 0 Å². The van der Waals surface area contributed by atoms with Crippen molar-refractivity contribution in [3.05, 3.63) is 36.2 Å². The van der Waals surface area contributed by atoms with Gasteiger partial charge in [-0.1, -0.05) is 6.07 Å². The molecule has 5 heteroatoms. The average molecular weight is 283 g/mol. The largest absolute Gasteiger partial charge is 0.366 e. The smallest absolute Gasteiger partial charge is 0.155 e. The molecule has 1 unspecified atom stereocenters. The Kier molecular flexibility index (Phi) is 3.15. The molecule has 110 valence electrons. The number of piperidine rings is 3. The van der Waals surface area contributed by atoms with Crippen LogP contribution in [-0.4, -0.2) is 45.3 Å². The summed E-state index contributed by atoms with van der Waals surface area (Å²) in [4.78, 5) is 6.98. The van der Waals surface area contributed by atoms with Crippen molar-refractivity contribution >= 4 is 5.82 Å². The van der Waals surface area contributed by atoms with Gasteiger partial charge in [0.1, 0.15) is 5.82 Å². The summed E-state index contributed by atoms with van der Waals surface area (Å²) in [5, 5.41) is 8.31. The van der Waals surface area contributed by atoms with Gasteiger partial charge in [0.15, 0.2) is 5.82 Å². The summed E-state index contributed by atoms with van der Waals surface area (Å²) in [6.07, 6.45) is 4.44. The van der Waals surface area contributed by atoms with Gasteiger partial charge in [-0.2, -0.15) is 9.78 Å². The maximum Gasteiger partial charge on any atom is 0.155 e. The molecule has 0 radical (unpaired) electrons. The molecular weight excluding hydrogens is 262 g/mol. The Labute approximate surface area is 125 Å². The molecule has 1 N–H and O–H groups in total. The van der Waals surface area contributed by atoms with Crippen LogP contribution in [0.15, 0.2) is 30.5 Å². The predicted molar refractivity (Wildman–Crippen MR) is 82.7 cm³/mol. The first-order chi connectivity index (χ1) is 10.3. The van der Waals surface area contributed by atoms with E-state index in [1.54, 1.807) is 0 Å². The summed E-state index contributed by atoms with van der Waals surface area (Å²) < 4.78 is 1.92. The minimum atomic E-state index is 0.533. The summed E-state index contributed by atoms with van der Waals surface area (Å²) >= 11 is 0. The van der Waals surface area contributed by atoms with E-state index >= 15 is 0 Å². The Morgan fingerprint density at radius 3 is 2.76 bits per heavy atom. The number of aromatic nitrogens is 3. The van der Waals surface area contributed by atoms with Gasteiger partial charge in [-0.25, -0.2) is 4.98 Å². The Balaban J connectivity index is 1.61. The van der Waals surface area contributed by atoms with Crippen molar-refractivity contribution in [1.29, 1.82) is 0 Å². The first-order valence-corrected chi connectivity index (χ1v) is 7.76. The lowest BCUT2D eigenvalue weighted by Gasteiger charge is -2.45. The van der Waals surface area contributed by atoms with Crippen LogP contribution in [0.5, 0.6) is 0 Å². The van der Waals surface area contributed by atoms with Crippen LogP contribution < -0.4 is 5.32 Å². The number of hydrogen-bond acceptors (Lipinski definition) is 4. The van der Waals surface area contributed by atoms with Crippen LogP contribution in [0.1, 0.15) is 18.5 Å². The predicted octanol–water partition coefficient (Wildman–Crippen LogP) is 2.08. The molecule has 5 heterocycles. The van der Waals surface area contributed by atoms with E-state index < -0.39 is 0 Å². The van der Waals surface area contributed by atoms with Crippen molar-refractivity contribution in [3.8, 4) is 5.82 Å². The highest BCUT2D eigenvalue weighted by Crippen LogP contribution is 2.30. The van der Waals surface area contributed by atoms with E-state index in [0.717, 1.165) is 29.8 Å². The number of rotatable bonds is 3. The molecule has 3 aliphatic heterocycles. The zero-order valence-electron chi connectivity index (χ0n) is 12.4. The summed E-state index contributed by atoms with van der Waals surface area (Å²) in [6, 6.07) is 8.57. The SMILES string of the molecule is Cc1cc(NC2CN3CCC2CC3)n(-c2ccccn2)n1. The maximum absolute atomic E-state index is 4.59. The van der Waals surface area contributed by atoms with Crippen LogP contribution in [-0.2, 0) is 0 Å². The average Bonchev–Trinajstić information content (AvgIpc) is 2.90. The van der Waals surface area contributed by atoms with Crippen LogP contribution in [0.4, 0.5) is 5.82 Å². The number of hydrogen-bond donors (Lipinski definition) is 1. The van der Waals surface area contributed by atoms with Crippen molar-refractivity contribution in [2.45, 2.75) is 25.8 Å². The van der Waals surface area contributed by atoms with E-state index in [1.807, 2.05) is 36.0 Å². The van der Waals surface area contributed by atoms with Crippen molar-refractivity contribution in [1.82, 2.24) is 19.7 Å². The molecule has 0 aromatic carbocycles. The van der Waals surface area contributed by atoms with E-state index in [4.69, 9.17) is 0 Å². The second-order valence-electron chi connectivity index (χ2n) is 6.16. The monoisotopic (exact) mass is 283 g/mol. The van der Waals surface area contributed by atoms with Crippen molar-refractivity contribution < 1.29 is 0 Å². The summed E-state index contributed by atoms with van der Waals surface area (Å²) in [5.74, 6) is 2.72. The van der Waals surface area contributed by atoms with Gasteiger partial charge in [0.2, 0.25) is 0 Å². The normalized spacial score (nSPS) is 27.8. The van der Waals surface area contributed by atoms with Gasteiger partial charge < -0.3 is 10.2 Å². The maximum atomic E-state index is 4.59. The molecule has 2 aromatic heterocycles. The number of anilines is 1. The van der Waals surface area contributed by atoms with Gasteiger partial charge in [-0.3, -0.25) is 0 Å². The molecule has 5 nitrogen and oxygen atoms in total. The van der Waals surface area contributed by atoms with Crippen LogP contribution >= 0.6 is 0 Å². The van der Waals surface area contributed by atoms with Gasteiger partial charge in [-0.15, -0.1) is 0 Å². The molecule has 3 saturated heterocycles. The lowest BCUT2D eigenvalue weighted by Crippen LogP contribution is -2.53. The first kappa shape index (κ1) is 12.8. The fourth-order valence-corrected chi connectivity index (χ4v) is 3.57. The Morgan fingerprint density at radius 2 is 2.10 bits per heavy atom. The lowest BCUT2D eigenvalue weighted by atomic mass is 9.84. The van der Waals surface area contributed by atoms with Crippen molar-refractivity contribution in [2.75, 3.05) is 25.0 Å². The molecule has 2 bridgehead atoms. The quantitative estimate of drug-likeness (QED) is 0.937. The van der Waals surface area contributed by atoms with E-state index in [2.05, 4.69) is 26.4 Å². The molecule has 21 heavy (non-hydrogen) atoms. The van der Waals surface area contributed by atoms with Crippen LogP contribution in [0.25, 0.3) is 5.82 Å². The molecule has 2 aromatic rings. The highest BCUT2D eigenvalue weighted by molar-refractivity contribution is 5.44. The number of nitrogens with zero attached hydrogens (tertiary/aromatic N) is 4. The first-order valence-electron chi connectivity index (χ1n) is 7.76. The fourth-order valence-electron chi connectivity index (χ4n) is 3.57. The van der Waals surface area contributed by atoms with Crippen LogP contribution in [0, 0.1) is 12.8 Å². The zero-order chi connectivity index (χ0) is 14.2. The van der Waals surface area contributed by atoms with Gasteiger partial charge in [0, 0.05) is 24.8 Å². The van der Waals surface area contributed by atoms with Gasteiger partial charge in [0.25, 0.3) is 0 Å². The summed E-state index contributed by atoms with van der Waals surface area (Å²) in [5.41, 5.74) is 1.02. The Morgan fingerprint density at radius 1 is 1.24 bits per heavy atom. The third kappa shape index (κ3) is 2.42. The second kappa shape index (κ2) is 5.15. The third-order valence-corrected chi connectivity index (χ3v) is 4.69. The molecule has 3 fully saturated rings. The van der Waals surface area contributed by atoms with E-state index in [1.165, 1.54) is 25.9 Å². The molecule has 1 atom stereocenters. The van der Waals surface area contributed by atoms with Gasteiger partial charge in [0.05, 0.1) is 5.69 Å². The highest BCUT2D eigenvalue weighted by Gasteiger charge is 2.34. The van der Waals surface area contributed by atoms with E-state index in [0.29, 0.717) is 6.04 Å². The molecule has 0 spiro atoms. The standard InChI is InChI=1S/C16H21N5/c1-12-10-16(21(19-12)15-4-2-3-7-17-15)18-14-11-20-8-5-13(14)6-9-20/h2-4,7,10,13-14,18H,5-6,8-9,11H2,1H3. The van der Waals surface area contributed by atoms with Crippen molar-refractivity contribution in [2.24, 2.45) is 5.92 Å². The van der Waals surface area contributed by atoms with Crippen molar-refractivity contribution in [3.63, 3.8) is 0 Å². The second-order valence-corrected chi connectivity index (χ2v) is 6.16. The Hall–Kier alpha value is -1.88. The Bertz CT molecular complexity index is 613. The van der Waals surface area contributed by atoms with Gasteiger partial charge >= 0.3 is 0 Å². The number of nitrogens with one attached hydrogen (secondary N) is 1. The molecule has 0 amide bonds. The van der Waals surface area contributed by atoms with Gasteiger partial charge in [-0.05, 0) is 50.9 Å². The molecule has 3 aliphatic rings. The lowest BCUT2D eigenvalue weighted by molar-refractivity contribution is 0.0973. The van der Waals surface area contributed by atoms with E-state index in [-0.39, 0.29) is 0 Å². The third-order valence-electron chi connectivity index (χ3n) is 4.69. The number of fused-ring (bicyclic) bond motifs is 3. The molecule has 5 rings (SSSR count).